The molecule has 0 saturated carbocycles. The molecule has 1 aromatic carbocycles. The molecule has 0 aliphatic heterocycles. The van der Waals surface area contributed by atoms with E-state index in [2.05, 4.69) is 4.72 Å². The van der Waals surface area contributed by atoms with Gasteiger partial charge in [0.25, 0.3) is 0 Å². The van der Waals surface area contributed by atoms with Gasteiger partial charge in [0.1, 0.15) is 0 Å². The maximum absolute atomic E-state index is 12.5. The summed E-state index contributed by atoms with van der Waals surface area (Å²) in [5.74, 6) is 0. The Kier molecular flexibility index (Phi) is 6.47. The maximum atomic E-state index is 12.5. The van der Waals surface area contributed by atoms with Gasteiger partial charge in [-0.2, -0.15) is 13.2 Å². The Balaban J connectivity index is 0.00000361. The molecule has 9 heteroatoms. The average molecular weight is 333 g/mol. The topological polar surface area (TPSA) is 72.2 Å². The van der Waals surface area contributed by atoms with Crippen LogP contribution in [0.5, 0.6) is 0 Å². The third-order valence-corrected chi connectivity index (χ3v) is 4.25. The van der Waals surface area contributed by atoms with Crippen molar-refractivity contribution in [1.82, 2.24) is 4.72 Å². The molecule has 0 aromatic heterocycles. The summed E-state index contributed by atoms with van der Waals surface area (Å²) in [6, 6.07) is 2.01. The lowest BCUT2D eigenvalue weighted by Gasteiger charge is -2.15. The van der Waals surface area contributed by atoms with Crippen LogP contribution in [-0.4, -0.2) is 21.0 Å². The van der Waals surface area contributed by atoms with Gasteiger partial charge < -0.3 is 5.73 Å². The summed E-state index contributed by atoms with van der Waals surface area (Å²) in [6.45, 7) is 2.98. The lowest BCUT2D eigenvalue weighted by atomic mass is 10.1. The van der Waals surface area contributed by atoms with Crippen LogP contribution in [0.4, 0.5) is 13.2 Å². The van der Waals surface area contributed by atoms with Crippen molar-refractivity contribution in [3.63, 3.8) is 0 Å². The van der Waals surface area contributed by atoms with Crippen LogP contribution in [0.3, 0.4) is 0 Å². The third-order valence-electron chi connectivity index (χ3n) is 2.50. The van der Waals surface area contributed by atoms with E-state index in [4.69, 9.17) is 5.73 Å². The Hall–Kier alpha value is -0.830. The molecule has 0 fully saturated rings. The molecule has 0 aliphatic carbocycles. The van der Waals surface area contributed by atoms with Crippen LogP contribution in [0.2, 0.25) is 0 Å². The number of benzene rings is 1. The van der Waals surface area contributed by atoms with E-state index in [1.807, 2.05) is 0 Å². The van der Waals surface area contributed by atoms with Gasteiger partial charge >= 0.3 is 6.18 Å². The van der Waals surface area contributed by atoms with E-state index in [1.54, 1.807) is 6.92 Å². The molecule has 20 heavy (non-hydrogen) atoms. The van der Waals surface area contributed by atoms with Gasteiger partial charge in [0.05, 0.1) is 10.5 Å². The van der Waals surface area contributed by atoms with Crippen LogP contribution in [0.15, 0.2) is 23.1 Å². The molecule has 4 nitrogen and oxygen atoms in total. The molecule has 1 atom stereocenters. The molecule has 1 rings (SSSR count). The minimum atomic E-state index is -4.50. The molecule has 0 heterocycles. The molecular formula is C11H16ClF3N2O2S. The third kappa shape index (κ3) is 4.62. The monoisotopic (exact) mass is 332 g/mol. The lowest BCUT2D eigenvalue weighted by Crippen LogP contribution is -2.38. The minimum absolute atomic E-state index is 0. The fourth-order valence-electron chi connectivity index (χ4n) is 1.50. The Morgan fingerprint density at radius 3 is 2.30 bits per heavy atom. The highest BCUT2D eigenvalue weighted by atomic mass is 35.5. The fourth-order valence-corrected chi connectivity index (χ4v) is 2.99. The minimum Gasteiger partial charge on any atom is -0.329 e. The molecule has 0 amide bonds. The van der Waals surface area contributed by atoms with Crippen molar-refractivity contribution in [2.45, 2.75) is 31.0 Å². The van der Waals surface area contributed by atoms with Gasteiger partial charge in [-0.3, -0.25) is 0 Å². The van der Waals surface area contributed by atoms with Gasteiger partial charge in [-0.15, -0.1) is 12.4 Å². The lowest BCUT2D eigenvalue weighted by molar-refractivity contribution is -0.137. The van der Waals surface area contributed by atoms with E-state index < -0.39 is 27.8 Å². The van der Waals surface area contributed by atoms with Crippen molar-refractivity contribution in [3.8, 4) is 0 Å². The smallest absolute Gasteiger partial charge is 0.329 e. The van der Waals surface area contributed by atoms with Crippen LogP contribution in [0.25, 0.3) is 0 Å². The fraction of sp³-hybridized carbons (Fsp3) is 0.455. The first kappa shape index (κ1) is 19.2. The van der Waals surface area contributed by atoms with E-state index >= 15 is 0 Å². The summed E-state index contributed by atoms with van der Waals surface area (Å²) in [5.41, 5.74) is 4.46. The Morgan fingerprint density at radius 2 is 1.90 bits per heavy atom. The zero-order chi connectivity index (χ0) is 14.8. The normalized spacial score (nSPS) is 13.7. The molecule has 0 unspecified atom stereocenters. The van der Waals surface area contributed by atoms with Crippen molar-refractivity contribution in [2.24, 2.45) is 5.73 Å². The van der Waals surface area contributed by atoms with Crippen LogP contribution in [-0.2, 0) is 16.2 Å². The summed E-state index contributed by atoms with van der Waals surface area (Å²) in [6.07, 6.45) is -4.50. The molecule has 1 aromatic rings. The van der Waals surface area contributed by atoms with Crippen LogP contribution in [0.1, 0.15) is 18.1 Å². The second-order valence-electron chi connectivity index (χ2n) is 4.24. The number of hydrogen-bond acceptors (Lipinski definition) is 3. The summed E-state index contributed by atoms with van der Waals surface area (Å²) >= 11 is 0. The first-order chi connectivity index (χ1) is 8.58. The molecule has 0 bridgehead atoms. The quantitative estimate of drug-likeness (QED) is 0.886. The largest absolute Gasteiger partial charge is 0.416 e. The predicted molar refractivity (Wildman–Crippen MR) is 72.3 cm³/mol. The molecule has 0 spiro atoms. The van der Waals surface area contributed by atoms with E-state index in [1.165, 1.54) is 6.92 Å². The molecule has 0 aliphatic rings. The van der Waals surface area contributed by atoms with E-state index in [-0.39, 0.29) is 29.4 Å². The standard InChI is InChI=1S/C11H15F3N2O2S.ClH/c1-7-5-9(11(12,13)14)3-4-10(7)19(17,18)16-8(2)6-15;/h3-5,8,16H,6,15H2,1-2H3;1H/t8-;/m1./s1. The van der Waals surface area contributed by atoms with Crippen molar-refractivity contribution >= 4 is 22.4 Å². The zero-order valence-electron chi connectivity index (χ0n) is 10.9. The van der Waals surface area contributed by atoms with Crippen molar-refractivity contribution in [3.05, 3.63) is 29.3 Å². The van der Waals surface area contributed by atoms with Gasteiger partial charge in [0.2, 0.25) is 10.0 Å². The van der Waals surface area contributed by atoms with E-state index in [0.29, 0.717) is 0 Å². The summed E-state index contributed by atoms with van der Waals surface area (Å²) in [5, 5.41) is 0. The van der Waals surface area contributed by atoms with Gasteiger partial charge in [0, 0.05) is 12.6 Å². The number of nitrogens with one attached hydrogen (secondary N) is 1. The van der Waals surface area contributed by atoms with Crippen LogP contribution < -0.4 is 10.5 Å². The molecule has 3 N–H and O–H groups in total. The van der Waals surface area contributed by atoms with Crippen LogP contribution in [0, 0.1) is 6.92 Å². The summed E-state index contributed by atoms with van der Waals surface area (Å²) < 4.78 is 63.6. The van der Waals surface area contributed by atoms with Gasteiger partial charge in [-0.05, 0) is 37.6 Å². The van der Waals surface area contributed by atoms with E-state index in [0.717, 1.165) is 18.2 Å². The Labute approximate surface area is 122 Å². The van der Waals surface area contributed by atoms with Gasteiger partial charge in [-0.25, -0.2) is 13.1 Å². The van der Waals surface area contributed by atoms with Crippen LogP contribution >= 0.6 is 12.4 Å². The second kappa shape index (κ2) is 6.75. The summed E-state index contributed by atoms with van der Waals surface area (Å²) in [4.78, 5) is -0.180. The molecule has 0 saturated heterocycles. The number of alkyl halides is 3. The number of aryl methyl sites for hydroxylation is 1. The number of halogens is 4. The molecular weight excluding hydrogens is 317 g/mol. The highest BCUT2D eigenvalue weighted by molar-refractivity contribution is 7.89. The Bertz CT molecular complexity index is 561. The SMILES string of the molecule is Cc1cc(C(F)(F)F)ccc1S(=O)(=O)N[C@H](C)CN.Cl. The maximum Gasteiger partial charge on any atom is 0.416 e. The first-order valence-electron chi connectivity index (χ1n) is 5.48. The number of sulfonamides is 1. The Morgan fingerprint density at radius 1 is 1.35 bits per heavy atom. The zero-order valence-corrected chi connectivity index (χ0v) is 12.5. The van der Waals surface area contributed by atoms with Gasteiger partial charge in [-0.1, -0.05) is 0 Å². The van der Waals surface area contributed by atoms with Crippen molar-refractivity contribution in [2.75, 3.05) is 6.54 Å². The number of hydrogen-bond donors (Lipinski definition) is 2. The highest BCUT2D eigenvalue weighted by Crippen LogP contribution is 2.31. The highest BCUT2D eigenvalue weighted by Gasteiger charge is 2.31. The summed E-state index contributed by atoms with van der Waals surface area (Å²) in [7, 11) is -3.86. The number of rotatable bonds is 4. The number of nitrogens with two attached hydrogens (primary N) is 1. The van der Waals surface area contributed by atoms with Gasteiger partial charge in [0.15, 0.2) is 0 Å². The molecule has 116 valence electrons. The van der Waals surface area contributed by atoms with E-state index in [9.17, 15) is 21.6 Å². The molecule has 0 radical (unpaired) electrons. The average Bonchev–Trinajstić information content (AvgIpc) is 2.26. The second-order valence-corrected chi connectivity index (χ2v) is 5.92. The first-order valence-corrected chi connectivity index (χ1v) is 6.96. The van der Waals surface area contributed by atoms with Crippen molar-refractivity contribution in [1.29, 1.82) is 0 Å². The van der Waals surface area contributed by atoms with Crippen molar-refractivity contribution < 1.29 is 21.6 Å². The predicted octanol–water partition coefficient (Wildman–Crippen LogP) is 2.06.